The van der Waals surface area contributed by atoms with E-state index >= 15 is 0 Å². The second kappa shape index (κ2) is 9.33. The van der Waals surface area contributed by atoms with E-state index in [9.17, 15) is 26.9 Å². The maximum absolute atomic E-state index is 12.9. The Morgan fingerprint density at radius 1 is 0.818 bits per heavy atom. The van der Waals surface area contributed by atoms with Crippen LogP contribution in [0, 0.1) is 10.1 Å². The van der Waals surface area contributed by atoms with Gasteiger partial charge in [-0.25, -0.2) is 16.8 Å². The van der Waals surface area contributed by atoms with Gasteiger partial charge in [0.25, 0.3) is 5.69 Å². The number of rotatable bonds is 6. The molecule has 4 rings (SSSR count). The lowest BCUT2D eigenvalue weighted by Gasteiger charge is -2.35. The molecular formula is C20H25N5O6S2. The van der Waals surface area contributed by atoms with Crippen LogP contribution in [0.5, 0.6) is 0 Å². The Morgan fingerprint density at radius 3 is 2.06 bits per heavy atom. The highest BCUT2D eigenvalue weighted by Gasteiger charge is 2.33. The quantitative estimate of drug-likeness (QED) is 0.436. The summed E-state index contributed by atoms with van der Waals surface area (Å²) in [5.41, 5.74) is -0.0346. The first-order valence-corrected chi connectivity index (χ1v) is 13.5. The fraction of sp³-hybridized carbons (Fsp3) is 0.450. The summed E-state index contributed by atoms with van der Waals surface area (Å²) in [6.45, 7) is 1.57. The molecule has 0 radical (unpaired) electrons. The van der Waals surface area contributed by atoms with Crippen molar-refractivity contribution in [2.75, 3.05) is 44.2 Å². The number of nitro groups is 1. The predicted molar refractivity (Wildman–Crippen MR) is 121 cm³/mol. The highest BCUT2D eigenvalue weighted by atomic mass is 32.2. The molecule has 0 aliphatic carbocycles. The molecule has 0 unspecified atom stereocenters. The molecule has 0 N–H and O–H groups in total. The van der Waals surface area contributed by atoms with Crippen molar-refractivity contribution < 1.29 is 21.8 Å². The average Bonchev–Trinajstić information content (AvgIpc) is 2.85. The minimum absolute atomic E-state index is 0.0942. The fourth-order valence-corrected chi connectivity index (χ4v) is 7.07. The molecule has 13 heteroatoms. The minimum Gasteiger partial charge on any atom is -0.363 e. The summed E-state index contributed by atoms with van der Waals surface area (Å²) in [7, 11) is -7.51. The molecule has 2 saturated heterocycles. The van der Waals surface area contributed by atoms with E-state index in [1.807, 2.05) is 0 Å². The molecule has 2 fully saturated rings. The second-order valence-corrected chi connectivity index (χ2v) is 11.8. The van der Waals surface area contributed by atoms with Crippen molar-refractivity contribution in [3.63, 3.8) is 0 Å². The number of piperidine rings is 1. The van der Waals surface area contributed by atoms with Crippen LogP contribution in [-0.4, -0.2) is 74.6 Å². The third-order valence-corrected chi connectivity index (χ3v) is 9.72. The second-order valence-electron chi connectivity index (χ2n) is 7.95. The standard InChI is InChI=1S/C20H25N5O6S2/c26-25(27)20-15-17(32(28,29)23-9-2-1-3-10-23)6-7-19(20)22-11-13-24(14-12-22)33(30,31)18-5-4-8-21-16-18/h4-8,15-16H,1-3,9-14H2. The van der Waals surface area contributed by atoms with Crippen LogP contribution in [0.1, 0.15) is 19.3 Å². The Labute approximate surface area is 192 Å². The van der Waals surface area contributed by atoms with Crippen LogP contribution in [0.25, 0.3) is 0 Å². The van der Waals surface area contributed by atoms with Crippen LogP contribution in [0.4, 0.5) is 11.4 Å². The van der Waals surface area contributed by atoms with E-state index in [0.29, 0.717) is 13.1 Å². The summed E-state index contributed by atoms with van der Waals surface area (Å²) in [6.07, 6.45) is 5.28. The lowest BCUT2D eigenvalue weighted by molar-refractivity contribution is -0.384. The summed E-state index contributed by atoms with van der Waals surface area (Å²) in [5, 5.41) is 11.8. The monoisotopic (exact) mass is 495 g/mol. The van der Waals surface area contributed by atoms with Crippen molar-refractivity contribution in [3.8, 4) is 0 Å². The van der Waals surface area contributed by atoms with Gasteiger partial charge in [0.2, 0.25) is 20.0 Å². The normalized spacial score (nSPS) is 18.8. The van der Waals surface area contributed by atoms with Crippen molar-refractivity contribution in [2.45, 2.75) is 29.1 Å². The molecule has 3 heterocycles. The van der Waals surface area contributed by atoms with Crippen molar-refractivity contribution in [1.29, 1.82) is 0 Å². The lowest BCUT2D eigenvalue weighted by Crippen LogP contribution is -2.48. The van der Waals surface area contributed by atoms with Gasteiger partial charge in [-0.15, -0.1) is 0 Å². The van der Waals surface area contributed by atoms with E-state index < -0.39 is 25.0 Å². The number of hydrogen-bond donors (Lipinski definition) is 0. The lowest BCUT2D eigenvalue weighted by atomic mass is 10.2. The third-order valence-electron chi connectivity index (χ3n) is 5.95. The Hall–Kier alpha value is -2.61. The van der Waals surface area contributed by atoms with Gasteiger partial charge in [0.1, 0.15) is 10.6 Å². The average molecular weight is 496 g/mol. The molecule has 1 aromatic carbocycles. The molecule has 0 amide bonds. The van der Waals surface area contributed by atoms with Crippen LogP contribution in [0.3, 0.4) is 0 Å². The zero-order valence-electron chi connectivity index (χ0n) is 17.9. The summed E-state index contributed by atoms with van der Waals surface area (Å²) in [6, 6.07) is 6.97. The maximum atomic E-state index is 12.9. The first kappa shape index (κ1) is 23.5. The van der Waals surface area contributed by atoms with Crippen LogP contribution >= 0.6 is 0 Å². The number of nitrogens with zero attached hydrogens (tertiary/aromatic N) is 5. The zero-order chi connectivity index (χ0) is 23.6. The SMILES string of the molecule is O=[N+]([O-])c1cc(S(=O)(=O)N2CCCCC2)ccc1N1CCN(S(=O)(=O)c2cccnc2)CC1. The van der Waals surface area contributed by atoms with Crippen LogP contribution in [0.15, 0.2) is 52.5 Å². The van der Waals surface area contributed by atoms with E-state index in [0.717, 1.165) is 25.3 Å². The number of benzene rings is 1. The summed E-state index contributed by atoms with van der Waals surface area (Å²) in [5.74, 6) is 0. The molecular weight excluding hydrogens is 470 g/mol. The molecule has 11 nitrogen and oxygen atoms in total. The molecule has 2 aromatic rings. The smallest absolute Gasteiger partial charge is 0.293 e. The molecule has 0 saturated carbocycles. The highest BCUT2D eigenvalue weighted by molar-refractivity contribution is 7.89. The predicted octanol–water partition coefficient (Wildman–Crippen LogP) is 1.68. The van der Waals surface area contributed by atoms with E-state index in [1.54, 1.807) is 11.0 Å². The molecule has 33 heavy (non-hydrogen) atoms. The molecule has 0 atom stereocenters. The van der Waals surface area contributed by atoms with Crippen molar-refractivity contribution in [3.05, 3.63) is 52.8 Å². The van der Waals surface area contributed by atoms with Gasteiger partial charge in [0, 0.05) is 57.7 Å². The van der Waals surface area contributed by atoms with Gasteiger partial charge < -0.3 is 4.90 Å². The van der Waals surface area contributed by atoms with Crippen molar-refractivity contribution in [1.82, 2.24) is 13.6 Å². The Balaban J connectivity index is 1.55. The van der Waals surface area contributed by atoms with Crippen LogP contribution in [0.2, 0.25) is 0 Å². The summed E-state index contributed by atoms with van der Waals surface area (Å²) < 4.78 is 54.2. The number of aromatic nitrogens is 1. The van der Waals surface area contributed by atoms with Gasteiger partial charge >= 0.3 is 0 Å². The van der Waals surface area contributed by atoms with Gasteiger partial charge in [-0.3, -0.25) is 15.1 Å². The first-order chi connectivity index (χ1) is 15.7. The topological polar surface area (TPSA) is 134 Å². The van der Waals surface area contributed by atoms with Crippen LogP contribution < -0.4 is 4.90 Å². The van der Waals surface area contributed by atoms with Gasteiger partial charge in [-0.1, -0.05) is 6.42 Å². The number of sulfonamides is 2. The molecule has 2 aliphatic heterocycles. The van der Waals surface area contributed by atoms with Gasteiger partial charge in [-0.05, 0) is 37.1 Å². The van der Waals surface area contributed by atoms with E-state index in [1.165, 1.54) is 39.2 Å². The summed E-state index contributed by atoms with van der Waals surface area (Å²) >= 11 is 0. The number of hydrogen-bond acceptors (Lipinski definition) is 8. The van der Waals surface area contributed by atoms with Crippen molar-refractivity contribution in [2.24, 2.45) is 0 Å². The number of anilines is 1. The number of piperazine rings is 1. The van der Waals surface area contributed by atoms with E-state index in [4.69, 9.17) is 0 Å². The highest BCUT2D eigenvalue weighted by Crippen LogP contribution is 2.33. The summed E-state index contributed by atoms with van der Waals surface area (Å²) in [4.78, 5) is 16.8. The Kier molecular flexibility index (Phi) is 6.66. The first-order valence-electron chi connectivity index (χ1n) is 10.6. The fourth-order valence-electron chi connectivity index (χ4n) is 4.15. The molecule has 178 valence electrons. The minimum atomic E-state index is -3.81. The molecule has 1 aromatic heterocycles. The van der Waals surface area contributed by atoms with E-state index in [2.05, 4.69) is 4.98 Å². The van der Waals surface area contributed by atoms with Crippen LogP contribution in [-0.2, 0) is 20.0 Å². The largest absolute Gasteiger partial charge is 0.363 e. The van der Waals surface area contributed by atoms with Gasteiger partial charge in [0.05, 0.1) is 9.82 Å². The number of nitro benzene ring substituents is 1. The van der Waals surface area contributed by atoms with Gasteiger partial charge in [-0.2, -0.15) is 8.61 Å². The third kappa shape index (κ3) is 4.71. The van der Waals surface area contributed by atoms with Crippen molar-refractivity contribution >= 4 is 31.4 Å². The Morgan fingerprint density at radius 2 is 1.45 bits per heavy atom. The molecule has 2 aliphatic rings. The Bertz CT molecular complexity index is 1220. The molecule has 0 spiro atoms. The molecule has 0 bridgehead atoms. The maximum Gasteiger partial charge on any atom is 0.293 e. The zero-order valence-corrected chi connectivity index (χ0v) is 19.5. The van der Waals surface area contributed by atoms with Gasteiger partial charge in [0.15, 0.2) is 0 Å². The number of pyridine rings is 1. The van der Waals surface area contributed by atoms with E-state index in [-0.39, 0.29) is 47.3 Å².